The van der Waals surface area contributed by atoms with E-state index >= 15 is 0 Å². The molecular weight excluding hydrogens is 330 g/mol. The average molecular weight is 349 g/mol. The van der Waals surface area contributed by atoms with Crippen LogP contribution in [0, 0.1) is 13.8 Å². The van der Waals surface area contributed by atoms with Crippen LogP contribution in [-0.4, -0.2) is 19.7 Å². The lowest BCUT2D eigenvalue weighted by atomic mass is 10.2. The molecular formula is C19H19N5S. The predicted octanol–water partition coefficient (Wildman–Crippen LogP) is 4.32. The molecule has 0 aliphatic carbocycles. The van der Waals surface area contributed by atoms with E-state index < -0.39 is 0 Å². The lowest BCUT2D eigenvalue weighted by Crippen LogP contribution is -2.04. The summed E-state index contributed by atoms with van der Waals surface area (Å²) in [5.74, 6) is 1.66. The number of hydrogen-bond donors (Lipinski definition) is 1. The van der Waals surface area contributed by atoms with Crippen molar-refractivity contribution in [3.63, 3.8) is 0 Å². The number of nitrogens with one attached hydrogen (secondary N) is 1. The van der Waals surface area contributed by atoms with E-state index in [2.05, 4.69) is 57.6 Å². The molecule has 0 atom stereocenters. The molecule has 0 unspecified atom stereocenters. The van der Waals surface area contributed by atoms with Crippen molar-refractivity contribution in [2.45, 2.75) is 20.4 Å². The molecule has 6 heteroatoms. The molecule has 3 heterocycles. The van der Waals surface area contributed by atoms with E-state index in [0.717, 1.165) is 27.6 Å². The highest BCUT2D eigenvalue weighted by Gasteiger charge is 2.12. The van der Waals surface area contributed by atoms with Gasteiger partial charge in [-0.25, -0.2) is 9.97 Å². The van der Waals surface area contributed by atoms with Crippen LogP contribution in [0.5, 0.6) is 0 Å². The van der Waals surface area contributed by atoms with Gasteiger partial charge in [0.2, 0.25) is 0 Å². The van der Waals surface area contributed by atoms with Crippen LogP contribution in [0.15, 0.2) is 42.6 Å². The summed E-state index contributed by atoms with van der Waals surface area (Å²) in [7, 11) is 1.96. The standard InChI is InChI=1S/C19H19N5S/c1-12-15(11-21-24(12)3)10-20-18-16-9-17(14-7-5-4-6-8-14)25-19(16)23-13(2)22-18/h4-9,11H,10H2,1-3H3,(H,20,22,23). The highest BCUT2D eigenvalue weighted by atomic mass is 32.1. The number of thiophene rings is 1. The molecule has 0 aliphatic rings. The number of anilines is 1. The summed E-state index contributed by atoms with van der Waals surface area (Å²) in [6.07, 6.45) is 1.90. The van der Waals surface area contributed by atoms with Gasteiger partial charge in [0.15, 0.2) is 0 Å². The smallest absolute Gasteiger partial charge is 0.138 e. The first kappa shape index (κ1) is 15.8. The predicted molar refractivity (Wildman–Crippen MR) is 103 cm³/mol. The molecule has 0 radical (unpaired) electrons. The fourth-order valence-corrected chi connectivity index (χ4v) is 3.89. The quantitative estimate of drug-likeness (QED) is 0.596. The molecule has 0 saturated heterocycles. The van der Waals surface area contributed by atoms with Gasteiger partial charge in [-0.15, -0.1) is 11.3 Å². The highest BCUT2D eigenvalue weighted by Crippen LogP contribution is 2.35. The van der Waals surface area contributed by atoms with Gasteiger partial charge in [-0.3, -0.25) is 4.68 Å². The van der Waals surface area contributed by atoms with Crippen molar-refractivity contribution < 1.29 is 0 Å². The SMILES string of the molecule is Cc1nc(NCc2cnn(C)c2C)c2cc(-c3ccccc3)sc2n1. The second-order valence-electron chi connectivity index (χ2n) is 6.05. The Hall–Kier alpha value is -2.73. The molecule has 0 amide bonds. The largest absolute Gasteiger partial charge is 0.365 e. The highest BCUT2D eigenvalue weighted by molar-refractivity contribution is 7.21. The molecule has 4 aromatic rings. The molecule has 5 nitrogen and oxygen atoms in total. The van der Waals surface area contributed by atoms with E-state index in [-0.39, 0.29) is 0 Å². The number of fused-ring (bicyclic) bond motifs is 1. The molecule has 126 valence electrons. The van der Waals surface area contributed by atoms with E-state index in [1.54, 1.807) is 11.3 Å². The molecule has 0 bridgehead atoms. The summed E-state index contributed by atoms with van der Waals surface area (Å²) in [4.78, 5) is 11.4. The summed E-state index contributed by atoms with van der Waals surface area (Å²) in [6.45, 7) is 4.70. The van der Waals surface area contributed by atoms with E-state index in [9.17, 15) is 0 Å². The molecule has 0 aliphatic heterocycles. The van der Waals surface area contributed by atoms with Crippen LogP contribution in [0.1, 0.15) is 17.1 Å². The van der Waals surface area contributed by atoms with Gasteiger partial charge in [0, 0.05) is 29.7 Å². The Balaban J connectivity index is 1.70. The van der Waals surface area contributed by atoms with Gasteiger partial charge in [-0.2, -0.15) is 5.10 Å². The Morgan fingerprint density at radius 1 is 1.12 bits per heavy atom. The van der Waals surface area contributed by atoms with Crippen molar-refractivity contribution in [1.82, 2.24) is 19.7 Å². The third-order valence-corrected chi connectivity index (χ3v) is 5.42. The van der Waals surface area contributed by atoms with Crippen LogP contribution in [-0.2, 0) is 13.6 Å². The molecule has 0 fully saturated rings. The summed E-state index contributed by atoms with van der Waals surface area (Å²) < 4.78 is 1.88. The number of hydrogen-bond acceptors (Lipinski definition) is 5. The van der Waals surface area contributed by atoms with Crippen molar-refractivity contribution in [1.29, 1.82) is 0 Å². The second kappa shape index (κ2) is 6.29. The first-order valence-electron chi connectivity index (χ1n) is 8.17. The summed E-state index contributed by atoms with van der Waals surface area (Å²) >= 11 is 1.70. The summed E-state index contributed by atoms with van der Waals surface area (Å²) in [6, 6.07) is 12.6. The van der Waals surface area contributed by atoms with Crippen molar-refractivity contribution in [2.24, 2.45) is 7.05 Å². The van der Waals surface area contributed by atoms with Gasteiger partial charge < -0.3 is 5.32 Å². The van der Waals surface area contributed by atoms with E-state index in [1.165, 1.54) is 16.0 Å². The third kappa shape index (κ3) is 3.00. The Bertz CT molecular complexity index is 1030. The van der Waals surface area contributed by atoms with Crippen LogP contribution >= 0.6 is 11.3 Å². The number of rotatable bonds is 4. The van der Waals surface area contributed by atoms with Gasteiger partial charge in [0.25, 0.3) is 0 Å². The second-order valence-corrected chi connectivity index (χ2v) is 7.08. The van der Waals surface area contributed by atoms with Crippen molar-refractivity contribution in [3.8, 4) is 10.4 Å². The van der Waals surface area contributed by atoms with Crippen molar-refractivity contribution in [2.75, 3.05) is 5.32 Å². The zero-order valence-corrected chi connectivity index (χ0v) is 15.3. The summed E-state index contributed by atoms with van der Waals surface area (Å²) in [5.41, 5.74) is 3.53. The Morgan fingerprint density at radius 2 is 1.92 bits per heavy atom. The maximum Gasteiger partial charge on any atom is 0.138 e. The van der Waals surface area contributed by atoms with Crippen LogP contribution in [0.25, 0.3) is 20.7 Å². The first-order valence-corrected chi connectivity index (χ1v) is 8.98. The molecule has 0 spiro atoms. The van der Waals surface area contributed by atoms with Crippen molar-refractivity contribution >= 4 is 27.4 Å². The fourth-order valence-electron chi connectivity index (χ4n) is 2.80. The minimum Gasteiger partial charge on any atom is -0.365 e. The Kier molecular flexibility index (Phi) is 3.97. The zero-order chi connectivity index (χ0) is 17.4. The number of nitrogens with zero attached hydrogens (tertiary/aromatic N) is 4. The van der Waals surface area contributed by atoms with Crippen LogP contribution < -0.4 is 5.32 Å². The fraction of sp³-hybridized carbons (Fsp3) is 0.211. The molecule has 4 rings (SSSR count). The summed E-state index contributed by atoms with van der Waals surface area (Å²) in [5, 5.41) is 8.83. The Morgan fingerprint density at radius 3 is 2.64 bits per heavy atom. The number of benzene rings is 1. The molecule has 1 aromatic carbocycles. The van der Waals surface area contributed by atoms with Crippen LogP contribution in [0.3, 0.4) is 0 Å². The van der Waals surface area contributed by atoms with Crippen LogP contribution in [0.4, 0.5) is 5.82 Å². The topological polar surface area (TPSA) is 55.6 Å². The van der Waals surface area contributed by atoms with E-state index in [1.807, 2.05) is 30.9 Å². The number of aromatic nitrogens is 4. The van der Waals surface area contributed by atoms with Gasteiger partial charge in [-0.1, -0.05) is 30.3 Å². The molecule has 0 saturated carbocycles. The van der Waals surface area contributed by atoms with Gasteiger partial charge in [0.05, 0.1) is 11.6 Å². The van der Waals surface area contributed by atoms with Gasteiger partial charge >= 0.3 is 0 Å². The normalized spacial score (nSPS) is 11.2. The monoisotopic (exact) mass is 349 g/mol. The van der Waals surface area contributed by atoms with Gasteiger partial charge in [0.1, 0.15) is 16.5 Å². The van der Waals surface area contributed by atoms with Crippen LogP contribution in [0.2, 0.25) is 0 Å². The maximum atomic E-state index is 4.62. The molecule has 1 N–H and O–H groups in total. The first-order chi connectivity index (χ1) is 12.1. The zero-order valence-electron chi connectivity index (χ0n) is 14.4. The van der Waals surface area contributed by atoms with Crippen molar-refractivity contribution in [3.05, 3.63) is 59.7 Å². The average Bonchev–Trinajstić information content (AvgIpc) is 3.18. The van der Waals surface area contributed by atoms with Gasteiger partial charge in [-0.05, 0) is 25.5 Å². The minimum absolute atomic E-state index is 0.696. The minimum atomic E-state index is 0.696. The van der Waals surface area contributed by atoms with E-state index in [4.69, 9.17) is 0 Å². The Labute approximate surface area is 150 Å². The maximum absolute atomic E-state index is 4.62. The molecule has 3 aromatic heterocycles. The lowest BCUT2D eigenvalue weighted by Gasteiger charge is -2.07. The van der Waals surface area contributed by atoms with E-state index in [0.29, 0.717) is 6.54 Å². The third-order valence-electron chi connectivity index (χ3n) is 4.35. The molecule has 25 heavy (non-hydrogen) atoms. The number of aryl methyl sites for hydroxylation is 2. The lowest BCUT2D eigenvalue weighted by molar-refractivity contribution is 0.738.